The van der Waals surface area contributed by atoms with Gasteiger partial charge in [-0.1, -0.05) is 12.1 Å². The third-order valence-electron chi connectivity index (χ3n) is 4.72. The van der Waals surface area contributed by atoms with Crippen LogP contribution in [0.1, 0.15) is 24.8 Å². The number of hydrogen-bond donors (Lipinski definition) is 1. The summed E-state index contributed by atoms with van der Waals surface area (Å²) >= 11 is 0. The molecule has 1 fully saturated rings. The van der Waals surface area contributed by atoms with Crippen molar-refractivity contribution in [3.05, 3.63) is 42.2 Å². The maximum absolute atomic E-state index is 4.15. The lowest BCUT2D eigenvalue weighted by molar-refractivity contribution is 0.0598. The summed E-state index contributed by atoms with van der Waals surface area (Å²) in [4.78, 5) is 6.54. The minimum Gasteiger partial charge on any atom is -0.311 e. The molecule has 0 aliphatic heterocycles. The molecule has 0 unspecified atom stereocenters. The molecular weight excluding hydrogens is 246 g/mol. The van der Waals surface area contributed by atoms with Gasteiger partial charge in [0.15, 0.2) is 0 Å². The zero-order chi connectivity index (χ0) is 14.0. The molecule has 1 aromatic carbocycles. The molecule has 0 bridgehead atoms. The van der Waals surface area contributed by atoms with Gasteiger partial charge in [0.05, 0.1) is 0 Å². The van der Waals surface area contributed by atoms with Crippen molar-refractivity contribution in [2.45, 2.75) is 31.3 Å². The molecule has 1 saturated carbocycles. The lowest BCUT2D eigenvalue weighted by atomic mass is 9.75. The van der Waals surface area contributed by atoms with E-state index in [1.807, 2.05) is 12.4 Å². The van der Waals surface area contributed by atoms with Crippen LogP contribution in [0.5, 0.6) is 0 Å². The molecule has 0 spiro atoms. The van der Waals surface area contributed by atoms with Gasteiger partial charge in [-0.05, 0) is 56.4 Å². The molecule has 0 amide bonds. The summed E-state index contributed by atoms with van der Waals surface area (Å²) < 4.78 is 0. The quantitative estimate of drug-likeness (QED) is 0.904. The number of nitrogens with one attached hydrogen (secondary N) is 1. The minimum atomic E-state index is 0.390. The monoisotopic (exact) mass is 269 g/mol. The summed E-state index contributed by atoms with van der Waals surface area (Å²) in [6.45, 7) is 2.02. The SMILES string of the molecule is CN(C)C1(CNCc2ccc3cnccc3c2)CCC1. The summed E-state index contributed by atoms with van der Waals surface area (Å²) in [6, 6.07) is 8.68. The number of pyridine rings is 1. The molecule has 1 aliphatic carbocycles. The predicted octanol–water partition coefficient (Wildman–Crippen LogP) is 2.81. The van der Waals surface area contributed by atoms with Crippen molar-refractivity contribution in [2.75, 3.05) is 20.6 Å². The fourth-order valence-corrected chi connectivity index (χ4v) is 3.05. The highest BCUT2D eigenvalue weighted by molar-refractivity contribution is 5.81. The first-order valence-electron chi connectivity index (χ1n) is 7.40. The topological polar surface area (TPSA) is 28.2 Å². The van der Waals surface area contributed by atoms with Crippen molar-refractivity contribution in [3.8, 4) is 0 Å². The van der Waals surface area contributed by atoms with Crippen molar-refractivity contribution < 1.29 is 0 Å². The van der Waals surface area contributed by atoms with E-state index in [4.69, 9.17) is 0 Å². The van der Waals surface area contributed by atoms with E-state index in [1.54, 1.807) is 0 Å². The number of fused-ring (bicyclic) bond motifs is 1. The molecule has 0 radical (unpaired) electrons. The molecule has 1 aliphatic rings. The van der Waals surface area contributed by atoms with Gasteiger partial charge in [-0.25, -0.2) is 0 Å². The molecular formula is C17H23N3. The summed E-state index contributed by atoms with van der Waals surface area (Å²) in [6.07, 6.45) is 7.77. The third-order valence-corrected chi connectivity index (χ3v) is 4.72. The Labute approximate surface area is 121 Å². The normalized spacial score (nSPS) is 17.4. The van der Waals surface area contributed by atoms with Crippen LogP contribution in [0.4, 0.5) is 0 Å². The van der Waals surface area contributed by atoms with Crippen molar-refractivity contribution in [3.63, 3.8) is 0 Å². The van der Waals surface area contributed by atoms with Crippen LogP contribution in [-0.2, 0) is 6.54 Å². The van der Waals surface area contributed by atoms with E-state index in [1.165, 1.54) is 35.6 Å². The Morgan fingerprint density at radius 1 is 1.20 bits per heavy atom. The number of rotatable bonds is 5. The molecule has 1 heterocycles. The molecule has 0 atom stereocenters. The van der Waals surface area contributed by atoms with Gasteiger partial charge in [-0.15, -0.1) is 0 Å². The van der Waals surface area contributed by atoms with Crippen LogP contribution < -0.4 is 5.32 Å². The fourth-order valence-electron chi connectivity index (χ4n) is 3.05. The molecule has 2 aromatic rings. The zero-order valence-corrected chi connectivity index (χ0v) is 12.4. The van der Waals surface area contributed by atoms with E-state index in [0.717, 1.165) is 13.1 Å². The van der Waals surface area contributed by atoms with E-state index in [-0.39, 0.29) is 0 Å². The summed E-state index contributed by atoms with van der Waals surface area (Å²) in [5, 5.41) is 6.11. The van der Waals surface area contributed by atoms with Gasteiger partial charge in [-0.2, -0.15) is 0 Å². The second-order valence-electron chi connectivity index (χ2n) is 6.13. The van der Waals surface area contributed by atoms with Gasteiger partial charge < -0.3 is 10.2 Å². The number of aromatic nitrogens is 1. The lowest BCUT2D eigenvalue weighted by Gasteiger charge is -2.47. The van der Waals surface area contributed by atoms with Gasteiger partial charge >= 0.3 is 0 Å². The van der Waals surface area contributed by atoms with Crippen molar-refractivity contribution in [1.29, 1.82) is 0 Å². The Morgan fingerprint density at radius 2 is 2.05 bits per heavy atom. The molecule has 20 heavy (non-hydrogen) atoms. The van der Waals surface area contributed by atoms with Crippen LogP contribution in [0.3, 0.4) is 0 Å². The Bertz CT molecular complexity index is 588. The van der Waals surface area contributed by atoms with E-state index in [2.05, 4.69) is 53.6 Å². The first kappa shape index (κ1) is 13.5. The molecule has 1 N–H and O–H groups in total. The number of likely N-dealkylation sites (N-methyl/N-ethyl adjacent to an activating group) is 1. The van der Waals surface area contributed by atoms with Crippen LogP contribution in [0.25, 0.3) is 10.8 Å². The summed E-state index contributed by atoms with van der Waals surface area (Å²) in [5.74, 6) is 0. The van der Waals surface area contributed by atoms with Gasteiger partial charge in [0.2, 0.25) is 0 Å². The lowest BCUT2D eigenvalue weighted by Crippen LogP contribution is -2.56. The van der Waals surface area contributed by atoms with Crippen LogP contribution in [0.15, 0.2) is 36.7 Å². The van der Waals surface area contributed by atoms with E-state index < -0.39 is 0 Å². The second-order valence-corrected chi connectivity index (χ2v) is 6.13. The highest BCUT2D eigenvalue weighted by Crippen LogP contribution is 2.35. The van der Waals surface area contributed by atoms with E-state index >= 15 is 0 Å². The standard InChI is InChI=1S/C17H23N3/c1-20(2)17(7-3-8-17)13-19-11-14-4-5-16-12-18-9-6-15(16)10-14/h4-6,9-10,12,19H,3,7-8,11,13H2,1-2H3. The van der Waals surface area contributed by atoms with Crippen molar-refractivity contribution in [2.24, 2.45) is 0 Å². The van der Waals surface area contributed by atoms with Crippen LogP contribution >= 0.6 is 0 Å². The first-order chi connectivity index (χ1) is 9.70. The minimum absolute atomic E-state index is 0.390. The molecule has 0 saturated heterocycles. The van der Waals surface area contributed by atoms with Crippen molar-refractivity contribution in [1.82, 2.24) is 15.2 Å². The molecule has 1 aromatic heterocycles. The molecule has 3 heteroatoms. The maximum atomic E-state index is 4.15. The summed E-state index contributed by atoms with van der Waals surface area (Å²) in [5.41, 5.74) is 1.73. The number of benzene rings is 1. The van der Waals surface area contributed by atoms with E-state index in [0.29, 0.717) is 5.54 Å². The van der Waals surface area contributed by atoms with Crippen molar-refractivity contribution >= 4 is 10.8 Å². The highest BCUT2D eigenvalue weighted by Gasteiger charge is 2.38. The second kappa shape index (κ2) is 5.51. The first-order valence-corrected chi connectivity index (χ1v) is 7.40. The maximum Gasteiger partial charge on any atom is 0.0346 e. The van der Waals surface area contributed by atoms with Gasteiger partial charge in [0, 0.05) is 36.4 Å². The molecule has 106 valence electrons. The largest absolute Gasteiger partial charge is 0.311 e. The summed E-state index contributed by atoms with van der Waals surface area (Å²) in [7, 11) is 4.40. The molecule has 3 rings (SSSR count). The zero-order valence-electron chi connectivity index (χ0n) is 12.4. The average Bonchev–Trinajstić information content (AvgIpc) is 2.41. The Balaban J connectivity index is 1.62. The van der Waals surface area contributed by atoms with Gasteiger partial charge in [0.1, 0.15) is 0 Å². The number of nitrogens with zero attached hydrogens (tertiary/aromatic N) is 2. The third kappa shape index (κ3) is 2.56. The van der Waals surface area contributed by atoms with Crippen LogP contribution in [-0.4, -0.2) is 36.1 Å². The predicted molar refractivity (Wildman–Crippen MR) is 83.7 cm³/mol. The average molecular weight is 269 g/mol. The fraction of sp³-hybridized carbons (Fsp3) is 0.471. The van der Waals surface area contributed by atoms with Crippen LogP contribution in [0, 0.1) is 0 Å². The highest BCUT2D eigenvalue weighted by atomic mass is 15.2. The van der Waals surface area contributed by atoms with Crippen LogP contribution in [0.2, 0.25) is 0 Å². The molecule has 3 nitrogen and oxygen atoms in total. The number of hydrogen-bond acceptors (Lipinski definition) is 3. The Morgan fingerprint density at radius 3 is 2.75 bits per heavy atom. The van der Waals surface area contributed by atoms with E-state index in [9.17, 15) is 0 Å². The Kier molecular flexibility index (Phi) is 3.72. The Hall–Kier alpha value is -1.45. The smallest absolute Gasteiger partial charge is 0.0346 e. The van der Waals surface area contributed by atoms with Gasteiger partial charge in [0.25, 0.3) is 0 Å². The van der Waals surface area contributed by atoms with Gasteiger partial charge in [-0.3, -0.25) is 4.98 Å².